The number of rotatable bonds is 8. The van der Waals surface area contributed by atoms with E-state index in [2.05, 4.69) is 29.4 Å². The zero-order valence-corrected chi connectivity index (χ0v) is 17.0. The maximum atomic E-state index is 11.5. The Morgan fingerprint density at radius 2 is 1.81 bits per heavy atom. The van der Waals surface area contributed by atoms with Crippen LogP contribution >= 0.6 is 11.6 Å². The van der Waals surface area contributed by atoms with E-state index in [1.807, 2.05) is 36.4 Å². The van der Waals surface area contributed by atoms with Gasteiger partial charge < -0.3 is 9.47 Å². The summed E-state index contributed by atoms with van der Waals surface area (Å²) in [5, 5.41) is 0.702. The predicted octanol–water partition coefficient (Wildman–Crippen LogP) is 4.82. The third-order valence-corrected chi connectivity index (χ3v) is 5.28. The molecule has 1 aromatic heterocycles. The summed E-state index contributed by atoms with van der Waals surface area (Å²) in [6.07, 6.45) is 0.725. The molecule has 27 heavy (non-hydrogen) atoms. The monoisotopic (exact) mass is 383 g/mol. The molecule has 5 heteroatoms. The summed E-state index contributed by atoms with van der Waals surface area (Å²) in [6, 6.07) is 13.7. The van der Waals surface area contributed by atoms with Crippen LogP contribution in [-0.2, 0) is 13.0 Å². The van der Waals surface area contributed by atoms with Crippen LogP contribution in [-0.4, -0.2) is 39.9 Å². The zero-order valence-electron chi connectivity index (χ0n) is 16.2. The SMILES string of the molecule is CCN(CC)CCn1c(Cc2ccc(C(C)=O)cc2)nc2cc(Cl)ccc21. The van der Waals surface area contributed by atoms with Crippen LogP contribution in [0.4, 0.5) is 0 Å². The molecule has 0 bridgehead atoms. The van der Waals surface area contributed by atoms with Gasteiger partial charge in [-0.15, -0.1) is 0 Å². The fourth-order valence-electron chi connectivity index (χ4n) is 3.36. The topological polar surface area (TPSA) is 38.1 Å². The van der Waals surface area contributed by atoms with E-state index in [9.17, 15) is 4.79 Å². The van der Waals surface area contributed by atoms with E-state index < -0.39 is 0 Å². The Balaban J connectivity index is 1.92. The van der Waals surface area contributed by atoms with Crippen molar-refractivity contribution in [3.63, 3.8) is 0 Å². The average molecular weight is 384 g/mol. The lowest BCUT2D eigenvalue weighted by molar-refractivity contribution is 0.101. The number of carbonyl (C=O) groups excluding carboxylic acids is 1. The number of Topliss-reactive ketones (excluding diaryl/α,β-unsaturated/α-hetero) is 1. The number of halogens is 1. The molecule has 0 amide bonds. The maximum Gasteiger partial charge on any atom is 0.159 e. The normalized spacial score (nSPS) is 11.4. The Hall–Kier alpha value is -2.17. The van der Waals surface area contributed by atoms with Crippen molar-refractivity contribution in [1.29, 1.82) is 0 Å². The molecule has 0 N–H and O–H groups in total. The van der Waals surface area contributed by atoms with Gasteiger partial charge >= 0.3 is 0 Å². The number of benzene rings is 2. The molecule has 3 rings (SSSR count). The summed E-state index contributed by atoms with van der Waals surface area (Å²) in [5.41, 5.74) is 3.92. The summed E-state index contributed by atoms with van der Waals surface area (Å²) in [6.45, 7) is 9.91. The summed E-state index contributed by atoms with van der Waals surface area (Å²) in [4.78, 5) is 18.7. The van der Waals surface area contributed by atoms with Crippen LogP contribution < -0.4 is 0 Å². The third-order valence-electron chi connectivity index (χ3n) is 5.05. The number of imidazole rings is 1. The summed E-state index contributed by atoms with van der Waals surface area (Å²) in [7, 11) is 0. The minimum atomic E-state index is 0.0858. The first kappa shape index (κ1) is 19.6. The van der Waals surface area contributed by atoms with Gasteiger partial charge in [0, 0.05) is 30.1 Å². The zero-order chi connectivity index (χ0) is 19.4. The predicted molar refractivity (Wildman–Crippen MR) is 112 cm³/mol. The second-order valence-corrected chi connectivity index (χ2v) is 7.21. The highest BCUT2D eigenvalue weighted by Crippen LogP contribution is 2.22. The Kier molecular flexibility index (Phi) is 6.30. The van der Waals surface area contributed by atoms with Crippen molar-refractivity contribution in [2.45, 2.75) is 33.7 Å². The van der Waals surface area contributed by atoms with Gasteiger partial charge in [0.05, 0.1) is 11.0 Å². The van der Waals surface area contributed by atoms with Crippen LogP contribution in [0.2, 0.25) is 5.02 Å². The fourth-order valence-corrected chi connectivity index (χ4v) is 3.52. The Labute approximate surface area is 165 Å². The number of likely N-dealkylation sites (N-methyl/N-ethyl adjacent to an activating group) is 1. The van der Waals surface area contributed by atoms with Gasteiger partial charge in [-0.2, -0.15) is 0 Å². The van der Waals surface area contributed by atoms with Crippen molar-refractivity contribution in [2.75, 3.05) is 19.6 Å². The molecular weight excluding hydrogens is 358 g/mol. The lowest BCUT2D eigenvalue weighted by Gasteiger charge is -2.19. The molecule has 0 fully saturated rings. The van der Waals surface area contributed by atoms with Gasteiger partial charge in [-0.3, -0.25) is 4.79 Å². The molecule has 0 atom stereocenters. The highest BCUT2D eigenvalue weighted by Gasteiger charge is 2.13. The van der Waals surface area contributed by atoms with Gasteiger partial charge in [0.25, 0.3) is 0 Å². The van der Waals surface area contributed by atoms with E-state index in [1.165, 1.54) is 0 Å². The van der Waals surface area contributed by atoms with Crippen LogP contribution in [0.25, 0.3) is 11.0 Å². The second-order valence-electron chi connectivity index (χ2n) is 6.77. The first-order chi connectivity index (χ1) is 13.0. The maximum absolute atomic E-state index is 11.5. The highest BCUT2D eigenvalue weighted by atomic mass is 35.5. The second kappa shape index (κ2) is 8.68. The van der Waals surface area contributed by atoms with Gasteiger partial charge in [-0.1, -0.05) is 49.7 Å². The quantitative estimate of drug-likeness (QED) is 0.523. The van der Waals surface area contributed by atoms with Crippen LogP contribution in [0.15, 0.2) is 42.5 Å². The number of ketones is 1. The number of fused-ring (bicyclic) bond motifs is 1. The molecule has 2 aromatic carbocycles. The van der Waals surface area contributed by atoms with Crippen molar-refractivity contribution >= 4 is 28.4 Å². The van der Waals surface area contributed by atoms with Crippen LogP contribution in [0.1, 0.15) is 42.5 Å². The average Bonchev–Trinajstić information content (AvgIpc) is 2.99. The minimum absolute atomic E-state index is 0.0858. The number of carbonyl (C=O) groups is 1. The molecule has 0 unspecified atom stereocenters. The molecule has 3 aromatic rings. The number of aromatic nitrogens is 2. The van der Waals surface area contributed by atoms with Crippen LogP contribution in [0.5, 0.6) is 0 Å². The molecule has 0 aliphatic heterocycles. The number of hydrogen-bond acceptors (Lipinski definition) is 3. The van der Waals surface area contributed by atoms with E-state index in [0.717, 1.165) is 60.6 Å². The first-order valence-electron chi connectivity index (χ1n) is 9.48. The van der Waals surface area contributed by atoms with Gasteiger partial charge in [-0.05, 0) is 43.8 Å². The van der Waals surface area contributed by atoms with Gasteiger partial charge in [0.2, 0.25) is 0 Å². The molecule has 0 spiro atoms. The molecule has 0 aliphatic rings. The van der Waals surface area contributed by atoms with E-state index in [-0.39, 0.29) is 5.78 Å². The molecule has 0 radical (unpaired) electrons. The van der Waals surface area contributed by atoms with Gasteiger partial charge in [-0.25, -0.2) is 4.98 Å². The Bertz CT molecular complexity index is 927. The van der Waals surface area contributed by atoms with E-state index in [4.69, 9.17) is 16.6 Å². The number of hydrogen-bond donors (Lipinski definition) is 0. The minimum Gasteiger partial charge on any atom is -0.326 e. The summed E-state index contributed by atoms with van der Waals surface area (Å²) >= 11 is 6.17. The van der Waals surface area contributed by atoms with Crippen molar-refractivity contribution in [3.8, 4) is 0 Å². The molecule has 1 heterocycles. The molecule has 0 saturated heterocycles. The lowest BCUT2D eigenvalue weighted by atomic mass is 10.1. The molecule has 4 nitrogen and oxygen atoms in total. The van der Waals surface area contributed by atoms with Crippen molar-refractivity contribution in [3.05, 3.63) is 64.4 Å². The Morgan fingerprint density at radius 1 is 1.11 bits per heavy atom. The van der Waals surface area contributed by atoms with E-state index in [0.29, 0.717) is 5.02 Å². The van der Waals surface area contributed by atoms with Crippen molar-refractivity contribution in [1.82, 2.24) is 14.5 Å². The van der Waals surface area contributed by atoms with Gasteiger partial charge in [0.1, 0.15) is 5.82 Å². The van der Waals surface area contributed by atoms with Crippen LogP contribution in [0, 0.1) is 0 Å². The summed E-state index contributed by atoms with van der Waals surface area (Å²) in [5.74, 6) is 1.11. The Morgan fingerprint density at radius 3 is 2.44 bits per heavy atom. The standard InChI is InChI=1S/C22H26ClN3O/c1-4-25(5-2)12-13-26-21-11-10-19(23)15-20(21)24-22(26)14-17-6-8-18(9-7-17)16(3)27/h6-11,15H,4-5,12-14H2,1-3H3. The fraction of sp³-hybridized carbons (Fsp3) is 0.364. The van der Waals surface area contributed by atoms with Crippen molar-refractivity contribution < 1.29 is 4.79 Å². The molecule has 0 saturated carbocycles. The molecule has 0 aliphatic carbocycles. The first-order valence-corrected chi connectivity index (χ1v) is 9.86. The van der Waals surface area contributed by atoms with E-state index >= 15 is 0 Å². The van der Waals surface area contributed by atoms with Crippen molar-refractivity contribution in [2.24, 2.45) is 0 Å². The third kappa shape index (κ3) is 4.57. The highest BCUT2D eigenvalue weighted by molar-refractivity contribution is 6.31. The summed E-state index contributed by atoms with van der Waals surface area (Å²) < 4.78 is 2.29. The smallest absolute Gasteiger partial charge is 0.159 e. The molecular formula is C22H26ClN3O. The van der Waals surface area contributed by atoms with Crippen LogP contribution in [0.3, 0.4) is 0 Å². The number of nitrogens with zero attached hydrogens (tertiary/aromatic N) is 3. The van der Waals surface area contributed by atoms with Gasteiger partial charge in [0.15, 0.2) is 5.78 Å². The van der Waals surface area contributed by atoms with E-state index in [1.54, 1.807) is 6.92 Å². The lowest BCUT2D eigenvalue weighted by Crippen LogP contribution is -2.27. The molecule has 142 valence electrons. The largest absolute Gasteiger partial charge is 0.326 e.